The maximum absolute atomic E-state index is 13.6. The Morgan fingerprint density at radius 1 is 0.667 bits per heavy atom. The average molecular weight is 511 g/mol. The first-order chi connectivity index (χ1) is 17.4. The molecule has 0 bridgehead atoms. The molecule has 0 aromatic heterocycles. The molecule has 2 aromatic rings. The van der Waals surface area contributed by atoms with Crippen molar-refractivity contribution >= 4 is 47.3 Å². The molecule has 1 fully saturated rings. The number of imide groups is 2. The predicted molar refractivity (Wildman–Crippen MR) is 132 cm³/mol. The van der Waals surface area contributed by atoms with Gasteiger partial charge in [0.25, 0.3) is 11.8 Å². The van der Waals surface area contributed by atoms with Crippen LogP contribution in [0.5, 0.6) is 0 Å². The van der Waals surface area contributed by atoms with Crippen molar-refractivity contribution in [3.63, 3.8) is 0 Å². The number of carbonyl (C=O) groups is 3. The third-order valence-corrected chi connectivity index (χ3v) is 7.15. The van der Waals surface area contributed by atoms with Crippen LogP contribution in [0, 0.1) is 45.3 Å². The number of nitriles is 4. The molecule has 0 N–H and O–H groups in total. The third-order valence-electron chi connectivity index (χ3n) is 5.48. The number of amides is 4. The summed E-state index contributed by atoms with van der Waals surface area (Å²) in [5.41, 5.74) is 1.17. The maximum atomic E-state index is 13.6. The van der Waals surface area contributed by atoms with Crippen LogP contribution < -0.4 is 0 Å². The summed E-state index contributed by atoms with van der Waals surface area (Å²) in [5, 5.41) is 38.9. The molecule has 2 aliphatic rings. The Bertz CT molecular complexity index is 1470. The highest BCUT2D eigenvalue weighted by molar-refractivity contribution is 7.99. The Hall–Kier alpha value is -4.55. The van der Waals surface area contributed by atoms with Crippen LogP contribution in [-0.4, -0.2) is 38.0 Å². The van der Waals surface area contributed by atoms with Gasteiger partial charge in [0.1, 0.15) is 5.57 Å². The van der Waals surface area contributed by atoms with Crippen LogP contribution >= 0.6 is 23.9 Å². The van der Waals surface area contributed by atoms with E-state index in [1.165, 1.54) is 24.3 Å². The number of fused-ring (bicyclic) bond motifs is 3. The molecule has 11 heteroatoms. The van der Waals surface area contributed by atoms with E-state index in [0.29, 0.717) is 11.5 Å². The number of benzene rings is 2. The Morgan fingerprint density at radius 2 is 1.08 bits per heavy atom. The number of urea groups is 1. The number of hydrogen-bond acceptors (Lipinski definition) is 9. The first kappa shape index (κ1) is 24.6. The Kier molecular flexibility index (Phi) is 6.55. The average Bonchev–Trinajstić information content (AvgIpc) is 3.21. The lowest BCUT2D eigenvalue weighted by Gasteiger charge is -2.32. The largest absolute Gasteiger partial charge is 0.354 e. The maximum Gasteiger partial charge on any atom is 0.354 e. The molecule has 0 spiro atoms. The predicted octanol–water partition coefficient (Wildman–Crippen LogP) is 4.08. The summed E-state index contributed by atoms with van der Waals surface area (Å²) in [6.45, 7) is 3.51. The second-order valence-electron chi connectivity index (χ2n) is 7.41. The quantitative estimate of drug-likeness (QED) is 0.287. The molecule has 4 amide bonds. The lowest BCUT2D eigenvalue weighted by molar-refractivity contribution is -0.129. The van der Waals surface area contributed by atoms with E-state index >= 15 is 0 Å². The molecule has 174 valence electrons. The van der Waals surface area contributed by atoms with Gasteiger partial charge in [0.05, 0.1) is 46.5 Å². The lowest BCUT2D eigenvalue weighted by atomic mass is 9.93. The van der Waals surface area contributed by atoms with Crippen molar-refractivity contribution in [2.24, 2.45) is 0 Å². The van der Waals surface area contributed by atoms with Gasteiger partial charge in [-0.25, -0.2) is 4.79 Å². The van der Waals surface area contributed by atoms with Crippen molar-refractivity contribution in [1.82, 2.24) is 8.61 Å². The minimum atomic E-state index is -0.847. The van der Waals surface area contributed by atoms with Crippen molar-refractivity contribution in [1.29, 1.82) is 21.0 Å². The zero-order valence-electron chi connectivity index (χ0n) is 18.9. The second kappa shape index (κ2) is 9.60. The van der Waals surface area contributed by atoms with Gasteiger partial charge < -0.3 is 0 Å². The second-order valence-corrected chi connectivity index (χ2v) is 9.81. The number of nitrogens with zero attached hydrogens (tertiary/aromatic N) is 6. The SMILES string of the molecule is CCSN1C(=O)C(=C2c3cc(C#N)cc(C#N)c3-c3c(C#N)cc(C#N)cc32)C(=O)N(SCC)C1=O. The number of carbonyl (C=O) groups excluding carboxylic acids is 3. The van der Waals surface area contributed by atoms with Gasteiger partial charge in [-0.2, -0.15) is 29.7 Å². The minimum Gasteiger partial charge on any atom is -0.267 e. The summed E-state index contributed by atoms with van der Waals surface area (Å²) in [6.07, 6.45) is 0. The minimum absolute atomic E-state index is 0.0770. The van der Waals surface area contributed by atoms with E-state index < -0.39 is 17.8 Å². The summed E-state index contributed by atoms with van der Waals surface area (Å²) < 4.78 is 1.81. The highest BCUT2D eigenvalue weighted by atomic mass is 32.2. The van der Waals surface area contributed by atoms with Crippen LogP contribution in [0.3, 0.4) is 0 Å². The van der Waals surface area contributed by atoms with Gasteiger partial charge in [-0.3, -0.25) is 9.59 Å². The molecule has 1 saturated heterocycles. The standard InChI is InChI=1S/C25H14N6O3S2/c1-3-35-30-23(32)22(24(33)31(25(30)34)36-4-2)21-17-7-13(9-26)5-15(11-28)19(17)20-16(12-29)6-14(10-27)8-18(20)21/h5-8H,3-4H2,1-2H3. The molecule has 0 radical (unpaired) electrons. The van der Waals surface area contributed by atoms with Crippen LogP contribution in [-0.2, 0) is 9.59 Å². The van der Waals surface area contributed by atoms with Crippen LogP contribution in [0.15, 0.2) is 29.8 Å². The molecule has 0 atom stereocenters. The van der Waals surface area contributed by atoms with E-state index in [-0.39, 0.29) is 55.7 Å². The molecule has 1 heterocycles. The van der Waals surface area contributed by atoms with Crippen LogP contribution in [0.25, 0.3) is 16.7 Å². The summed E-state index contributed by atoms with van der Waals surface area (Å²) in [4.78, 5) is 40.2. The molecule has 0 saturated carbocycles. The van der Waals surface area contributed by atoms with Gasteiger partial charge in [-0.1, -0.05) is 13.8 Å². The monoisotopic (exact) mass is 510 g/mol. The molecule has 36 heavy (non-hydrogen) atoms. The summed E-state index contributed by atoms with van der Waals surface area (Å²) in [5.74, 6) is -0.943. The fourth-order valence-electron chi connectivity index (χ4n) is 4.19. The van der Waals surface area contributed by atoms with Gasteiger partial charge in [0.2, 0.25) is 0 Å². The fraction of sp³-hybridized carbons (Fsp3) is 0.160. The third kappa shape index (κ3) is 3.59. The van der Waals surface area contributed by atoms with E-state index in [9.17, 15) is 35.4 Å². The number of rotatable bonds is 4. The molecule has 9 nitrogen and oxygen atoms in total. The van der Waals surface area contributed by atoms with Gasteiger partial charge in [0.15, 0.2) is 0 Å². The summed E-state index contributed by atoms with van der Waals surface area (Å²) in [7, 11) is 0. The molecule has 4 rings (SSSR count). The van der Waals surface area contributed by atoms with Crippen molar-refractivity contribution < 1.29 is 14.4 Å². The van der Waals surface area contributed by atoms with Crippen LogP contribution in [0.2, 0.25) is 0 Å². The van der Waals surface area contributed by atoms with E-state index in [1.807, 2.05) is 24.3 Å². The van der Waals surface area contributed by atoms with Crippen LogP contribution in [0.4, 0.5) is 4.79 Å². The smallest absolute Gasteiger partial charge is 0.267 e. The van der Waals surface area contributed by atoms with E-state index in [4.69, 9.17) is 0 Å². The molecule has 0 unspecified atom stereocenters. The molecular formula is C25H14N6O3S2. The first-order valence-corrected chi connectivity index (χ1v) is 12.5. The van der Waals surface area contributed by atoms with Gasteiger partial charge in [-0.15, -0.1) is 0 Å². The first-order valence-electron chi connectivity index (χ1n) is 10.6. The Labute approximate surface area is 215 Å². The zero-order chi connectivity index (χ0) is 26.1. The van der Waals surface area contributed by atoms with Gasteiger partial charge >= 0.3 is 6.03 Å². The zero-order valence-corrected chi connectivity index (χ0v) is 20.6. The fourth-order valence-corrected chi connectivity index (χ4v) is 5.56. The van der Waals surface area contributed by atoms with Crippen molar-refractivity contribution in [3.8, 4) is 35.4 Å². The lowest BCUT2D eigenvalue weighted by Crippen LogP contribution is -2.51. The Morgan fingerprint density at radius 3 is 1.42 bits per heavy atom. The van der Waals surface area contributed by atoms with E-state index in [2.05, 4.69) is 0 Å². The van der Waals surface area contributed by atoms with Crippen LogP contribution in [0.1, 0.15) is 47.2 Å². The summed E-state index contributed by atoms with van der Waals surface area (Å²) >= 11 is 1.88. The highest BCUT2D eigenvalue weighted by Gasteiger charge is 2.46. The summed E-state index contributed by atoms with van der Waals surface area (Å²) in [6, 6.07) is 12.8. The van der Waals surface area contributed by atoms with Crippen molar-refractivity contribution in [2.75, 3.05) is 11.5 Å². The Balaban J connectivity index is 2.21. The van der Waals surface area contributed by atoms with Crippen molar-refractivity contribution in [3.05, 3.63) is 63.2 Å². The van der Waals surface area contributed by atoms with E-state index in [0.717, 1.165) is 32.5 Å². The highest BCUT2D eigenvalue weighted by Crippen LogP contribution is 2.50. The molecule has 1 aliphatic heterocycles. The number of barbiturate groups is 1. The molecule has 2 aromatic carbocycles. The van der Waals surface area contributed by atoms with Crippen molar-refractivity contribution in [2.45, 2.75) is 13.8 Å². The normalized spacial score (nSPS) is 14.1. The molecular weight excluding hydrogens is 496 g/mol. The molecule has 1 aliphatic carbocycles. The van der Waals surface area contributed by atoms with E-state index in [1.54, 1.807) is 13.8 Å². The number of hydrogen-bond donors (Lipinski definition) is 0. The topological polar surface area (TPSA) is 153 Å². The van der Waals surface area contributed by atoms with Gasteiger partial charge in [-0.05, 0) is 59.3 Å². The van der Waals surface area contributed by atoms with Gasteiger partial charge in [0, 0.05) is 28.2 Å².